The molecule has 1 heterocycles. The minimum atomic E-state index is -1.42. The molecule has 0 saturated carbocycles. The fraction of sp³-hybridized carbons (Fsp3) is 0.0714. The molecule has 20 heavy (non-hydrogen) atoms. The van der Waals surface area contributed by atoms with Gasteiger partial charge in [0.1, 0.15) is 17.1 Å². The maximum absolute atomic E-state index is 12.8. The third kappa shape index (κ3) is 2.80. The predicted octanol–water partition coefficient (Wildman–Crippen LogP) is 3.93. The molecule has 0 saturated heterocycles. The second-order valence-corrected chi connectivity index (χ2v) is 5.97. The average Bonchev–Trinajstić information content (AvgIpc) is 2.84. The molecule has 0 radical (unpaired) electrons. The van der Waals surface area contributed by atoms with Gasteiger partial charge in [-0.15, -0.1) is 0 Å². The Balaban J connectivity index is 1.84. The summed E-state index contributed by atoms with van der Waals surface area (Å²) in [5.41, 5.74) is 1.86. The van der Waals surface area contributed by atoms with Crippen LogP contribution in [0.15, 0.2) is 52.1 Å². The molecule has 1 atom stereocenters. The van der Waals surface area contributed by atoms with Gasteiger partial charge in [0.2, 0.25) is 0 Å². The van der Waals surface area contributed by atoms with Gasteiger partial charge in [0, 0.05) is 16.7 Å². The number of nitrogens with zero attached hydrogens (tertiary/aromatic N) is 1. The molecule has 0 amide bonds. The SMILES string of the molecule is [O-][S+](Cc1ccc(F)cc1)c1nc2ccc(Cl)cc2o1. The van der Waals surface area contributed by atoms with Crippen LogP contribution in [0.25, 0.3) is 11.1 Å². The van der Waals surface area contributed by atoms with Crippen molar-refractivity contribution in [2.45, 2.75) is 11.0 Å². The van der Waals surface area contributed by atoms with E-state index in [1.54, 1.807) is 30.3 Å². The first-order valence-electron chi connectivity index (χ1n) is 5.81. The molecule has 3 aromatic rings. The highest BCUT2D eigenvalue weighted by molar-refractivity contribution is 7.90. The number of oxazole rings is 1. The van der Waals surface area contributed by atoms with Crippen molar-refractivity contribution in [2.75, 3.05) is 0 Å². The fourth-order valence-corrected chi connectivity index (χ4v) is 2.93. The van der Waals surface area contributed by atoms with Gasteiger partial charge in [-0.1, -0.05) is 23.7 Å². The van der Waals surface area contributed by atoms with Gasteiger partial charge in [-0.3, -0.25) is 0 Å². The molecule has 3 rings (SSSR count). The zero-order valence-electron chi connectivity index (χ0n) is 10.2. The smallest absolute Gasteiger partial charge is 0.416 e. The average molecular weight is 310 g/mol. The number of fused-ring (bicyclic) bond motifs is 1. The van der Waals surface area contributed by atoms with E-state index in [1.165, 1.54) is 12.1 Å². The molecule has 0 aliphatic rings. The summed E-state index contributed by atoms with van der Waals surface area (Å²) in [5.74, 6) is -0.100. The topological polar surface area (TPSA) is 49.1 Å². The van der Waals surface area contributed by atoms with E-state index in [0.29, 0.717) is 16.1 Å². The van der Waals surface area contributed by atoms with Crippen LogP contribution in [0.5, 0.6) is 0 Å². The van der Waals surface area contributed by atoms with Crippen LogP contribution in [0.4, 0.5) is 4.39 Å². The van der Waals surface area contributed by atoms with Crippen LogP contribution in [-0.4, -0.2) is 9.54 Å². The van der Waals surface area contributed by atoms with Crippen LogP contribution in [0.2, 0.25) is 5.02 Å². The Hall–Kier alpha value is -1.56. The summed E-state index contributed by atoms with van der Waals surface area (Å²) in [6, 6.07) is 10.9. The van der Waals surface area contributed by atoms with E-state index in [0.717, 1.165) is 5.56 Å². The van der Waals surface area contributed by atoms with E-state index in [-0.39, 0.29) is 16.8 Å². The highest BCUT2D eigenvalue weighted by Crippen LogP contribution is 2.24. The van der Waals surface area contributed by atoms with Crippen LogP contribution in [0.3, 0.4) is 0 Å². The van der Waals surface area contributed by atoms with E-state index in [1.807, 2.05) is 0 Å². The molecule has 1 unspecified atom stereocenters. The van der Waals surface area contributed by atoms with Crippen LogP contribution >= 0.6 is 11.6 Å². The van der Waals surface area contributed by atoms with Crippen molar-refractivity contribution < 1.29 is 13.4 Å². The van der Waals surface area contributed by atoms with E-state index in [9.17, 15) is 8.94 Å². The monoisotopic (exact) mass is 309 g/mol. The lowest BCUT2D eigenvalue weighted by atomic mass is 10.2. The van der Waals surface area contributed by atoms with Crippen molar-refractivity contribution >= 4 is 33.9 Å². The molecule has 0 aliphatic carbocycles. The normalized spacial score (nSPS) is 12.8. The maximum Gasteiger partial charge on any atom is 0.416 e. The summed E-state index contributed by atoms with van der Waals surface area (Å²) in [7, 11) is 0. The highest BCUT2D eigenvalue weighted by atomic mass is 35.5. The van der Waals surface area contributed by atoms with E-state index in [4.69, 9.17) is 16.0 Å². The van der Waals surface area contributed by atoms with Crippen molar-refractivity contribution in [1.82, 2.24) is 4.98 Å². The number of halogens is 2. The van der Waals surface area contributed by atoms with Gasteiger partial charge in [-0.2, -0.15) is 4.98 Å². The van der Waals surface area contributed by atoms with Crippen molar-refractivity contribution in [3.63, 3.8) is 0 Å². The van der Waals surface area contributed by atoms with E-state index in [2.05, 4.69) is 4.98 Å². The van der Waals surface area contributed by atoms with Crippen molar-refractivity contribution in [2.24, 2.45) is 0 Å². The van der Waals surface area contributed by atoms with Crippen LogP contribution in [0, 0.1) is 5.82 Å². The van der Waals surface area contributed by atoms with Gasteiger partial charge >= 0.3 is 5.22 Å². The summed E-state index contributed by atoms with van der Waals surface area (Å²) < 4.78 is 30.4. The minimum Gasteiger partial charge on any atom is -0.607 e. The molecule has 0 N–H and O–H groups in total. The Bertz CT molecular complexity index is 745. The summed E-state index contributed by atoms with van der Waals surface area (Å²) in [5, 5.41) is 0.677. The van der Waals surface area contributed by atoms with Crippen LogP contribution in [-0.2, 0) is 16.9 Å². The third-order valence-electron chi connectivity index (χ3n) is 2.74. The number of hydrogen-bond donors (Lipinski definition) is 0. The largest absolute Gasteiger partial charge is 0.607 e. The Morgan fingerprint density at radius 3 is 2.70 bits per heavy atom. The highest BCUT2D eigenvalue weighted by Gasteiger charge is 2.20. The summed E-state index contributed by atoms with van der Waals surface area (Å²) >= 11 is 4.43. The minimum absolute atomic E-state index is 0.145. The molecule has 0 bridgehead atoms. The zero-order chi connectivity index (χ0) is 14.1. The lowest BCUT2D eigenvalue weighted by molar-refractivity contribution is 0.458. The molecular formula is C14H9ClFNO2S. The lowest BCUT2D eigenvalue weighted by Gasteiger charge is -2.05. The Kier molecular flexibility index (Phi) is 3.65. The van der Waals surface area contributed by atoms with Gasteiger partial charge in [0.15, 0.2) is 5.58 Å². The standard InChI is InChI=1S/C14H9ClFNO2S/c15-10-3-6-12-13(7-10)19-14(17-12)20(18)8-9-1-4-11(16)5-2-9/h1-7H,8H2. The first-order valence-corrected chi connectivity index (χ1v) is 7.50. The van der Waals surface area contributed by atoms with Crippen LogP contribution in [0.1, 0.15) is 5.56 Å². The van der Waals surface area contributed by atoms with Crippen LogP contribution < -0.4 is 0 Å². The van der Waals surface area contributed by atoms with Gasteiger partial charge in [0.25, 0.3) is 0 Å². The molecule has 3 nitrogen and oxygen atoms in total. The second-order valence-electron chi connectivity index (χ2n) is 4.21. The van der Waals surface area contributed by atoms with Crippen molar-refractivity contribution in [1.29, 1.82) is 0 Å². The second kappa shape index (κ2) is 5.44. The first kappa shape index (κ1) is 13.4. The molecule has 0 fully saturated rings. The number of hydrogen-bond acceptors (Lipinski definition) is 3. The van der Waals surface area contributed by atoms with E-state index < -0.39 is 11.2 Å². The van der Waals surface area contributed by atoms with Gasteiger partial charge in [-0.05, 0) is 24.3 Å². The third-order valence-corrected chi connectivity index (χ3v) is 4.13. The number of benzene rings is 2. The molecule has 0 spiro atoms. The summed E-state index contributed by atoms with van der Waals surface area (Å²) in [6.45, 7) is 0. The molecule has 6 heteroatoms. The number of aromatic nitrogens is 1. The Morgan fingerprint density at radius 1 is 1.20 bits per heavy atom. The van der Waals surface area contributed by atoms with Gasteiger partial charge < -0.3 is 8.97 Å². The quantitative estimate of drug-likeness (QED) is 0.689. The first-order chi connectivity index (χ1) is 9.61. The maximum atomic E-state index is 12.8. The Labute approximate surface area is 122 Å². The number of rotatable bonds is 3. The van der Waals surface area contributed by atoms with Gasteiger partial charge in [-0.25, -0.2) is 4.39 Å². The molecule has 2 aromatic carbocycles. The van der Waals surface area contributed by atoms with Crippen molar-refractivity contribution in [3.8, 4) is 0 Å². The molecular weight excluding hydrogens is 301 g/mol. The van der Waals surface area contributed by atoms with Crippen molar-refractivity contribution in [3.05, 3.63) is 58.9 Å². The predicted molar refractivity (Wildman–Crippen MR) is 75.5 cm³/mol. The Morgan fingerprint density at radius 2 is 1.95 bits per heavy atom. The molecule has 102 valence electrons. The summed E-state index contributed by atoms with van der Waals surface area (Å²) in [4.78, 5) is 4.17. The summed E-state index contributed by atoms with van der Waals surface area (Å²) in [6.07, 6.45) is 0. The van der Waals surface area contributed by atoms with E-state index >= 15 is 0 Å². The van der Waals surface area contributed by atoms with Gasteiger partial charge in [0.05, 0.1) is 11.2 Å². The lowest BCUT2D eigenvalue weighted by Crippen LogP contribution is -2.05. The fourth-order valence-electron chi connectivity index (χ4n) is 1.77. The zero-order valence-corrected chi connectivity index (χ0v) is 11.7. The molecule has 1 aromatic heterocycles. The molecule has 0 aliphatic heterocycles.